The van der Waals surface area contributed by atoms with E-state index in [0.717, 1.165) is 30.0 Å². The van der Waals surface area contributed by atoms with Crippen LogP contribution in [0.3, 0.4) is 0 Å². The number of hydrogen-bond donors (Lipinski definition) is 1. The van der Waals surface area contributed by atoms with Crippen molar-refractivity contribution < 1.29 is 4.74 Å². The van der Waals surface area contributed by atoms with Gasteiger partial charge in [0.25, 0.3) is 0 Å². The summed E-state index contributed by atoms with van der Waals surface area (Å²) in [6.07, 6.45) is 0.995. The van der Waals surface area contributed by atoms with Crippen molar-refractivity contribution in [2.75, 3.05) is 0 Å². The van der Waals surface area contributed by atoms with Crippen molar-refractivity contribution in [1.82, 2.24) is 5.32 Å². The first-order chi connectivity index (χ1) is 10.1. The maximum Gasteiger partial charge on any atom is 0.133 e. The largest absolute Gasteiger partial charge is 0.457 e. The summed E-state index contributed by atoms with van der Waals surface area (Å²) in [6.45, 7) is 7.15. The Hall–Kier alpha value is -1.51. The van der Waals surface area contributed by atoms with Gasteiger partial charge < -0.3 is 10.1 Å². The molecular weight excluding hydrogens is 282 g/mol. The van der Waals surface area contributed by atoms with Gasteiger partial charge in [0.05, 0.1) is 0 Å². The summed E-state index contributed by atoms with van der Waals surface area (Å²) in [5.74, 6) is 1.66. The van der Waals surface area contributed by atoms with Crippen LogP contribution in [0.15, 0.2) is 42.5 Å². The molecule has 0 unspecified atom stereocenters. The van der Waals surface area contributed by atoms with Gasteiger partial charge in [0.1, 0.15) is 11.5 Å². The standard InChI is InChI=1S/C18H22ClNO/c1-4-14-6-5-7-17(10-14)21-18-11-16(19)9-8-15(18)12-20-13(2)3/h5-11,13,20H,4,12H2,1-3H3. The van der Waals surface area contributed by atoms with Crippen LogP contribution in [0.1, 0.15) is 31.9 Å². The molecule has 2 aromatic rings. The van der Waals surface area contributed by atoms with Crippen molar-refractivity contribution in [2.45, 2.75) is 39.8 Å². The minimum absolute atomic E-state index is 0.428. The highest BCUT2D eigenvalue weighted by molar-refractivity contribution is 6.30. The van der Waals surface area contributed by atoms with E-state index in [1.165, 1.54) is 5.56 Å². The predicted molar refractivity (Wildman–Crippen MR) is 89.3 cm³/mol. The second-order valence-corrected chi connectivity index (χ2v) is 5.83. The molecule has 2 aromatic carbocycles. The molecule has 0 aliphatic rings. The molecule has 0 amide bonds. The third-order valence-corrected chi connectivity index (χ3v) is 3.50. The van der Waals surface area contributed by atoms with E-state index in [9.17, 15) is 0 Å². The molecule has 0 bridgehead atoms. The van der Waals surface area contributed by atoms with Crippen LogP contribution in [-0.4, -0.2) is 6.04 Å². The Bertz CT molecular complexity index is 596. The van der Waals surface area contributed by atoms with Crippen LogP contribution in [0.25, 0.3) is 0 Å². The topological polar surface area (TPSA) is 21.3 Å². The van der Waals surface area contributed by atoms with Gasteiger partial charge in [-0.05, 0) is 36.2 Å². The van der Waals surface area contributed by atoms with E-state index >= 15 is 0 Å². The molecule has 21 heavy (non-hydrogen) atoms. The highest BCUT2D eigenvalue weighted by Crippen LogP contribution is 2.29. The SMILES string of the molecule is CCc1cccc(Oc2cc(Cl)ccc2CNC(C)C)c1. The first-order valence-electron chi connectivity index (χ1n) is 7.37. The monoisotopic (exact) mass is 303 g/mol. The van der Waals surface area contributed by atoms with Gasteiger partial charge in [-0.15, -0.1) is 0 Å². The first kappa shape index (κ1) is 15.9. The van der Waals surface area contributed by atoms with Crippen molar-refractivity contribution in [3.05, 3.63) is 58.6 Å². The van der Waals surface area contributed by atoms with Crippen LogP contribution >= 0.6 is 11.6 Å². The number of ether oxygens (including phenoxy) is 1. The molecule has 0 aliphatic carbocycles. The fraction of sp³-hybridized carbons (Fsp3) is 0.333. The third-order valence-electron chi connectivity index (χ3n) is 3.26. The highest BCUT2D eigenvalue weighted by atomic mass is 35.5. The zero-order chi connectivity index (χ0) is 15.2. The van der Waals surface area contributed by atoms with Crippen molar-refractivity contribution >= 4 is 11.6 Å². The molecule has 112 valence electrons. The Morgan fingerprint density at radius 3 is 2.67 bits per heavy atom. The number of rotatable bonds is 6. The van der Waals surface area contributed by atoms with E-state index in [-0.39, 0.29) is 0 Å². The molecule has 0 saturated carbocycles. The minimum atomic E-state index is 0.428. The minimum Gasteiger partial charge on any atom is -0.457 e. The van der Waals surface area contributed by atoms with Crippen molar-refractivity contribution in [1.29, 1.82) is 0 Å². The molecule has 0 aliphatic heterocycles. The Morgan fingerprint density at radius 2 is 1.95 bits per heavy atom. The summed E-state index contributed by atoms with van der Waals surface area (Å²) >= 11 is 6.10. The summed E-state index contributed by atoms with van der Waals surface area (Å²) in [5, 5.41) is 4.09. The predicted octanol–water partition coefficient (Wildman–Crippen LogP) is 5.19. The normalized spacial score (nSPS) is 10.9. The van der Waals surface area contributed by atoms with Crippen LogP contribution < -0.4 is 10.1 Å². The quantitative estimate of drug-likeness (QED) is 0.792. The van der Waals surface area contributed by atoms with Crippen LogP contribution in [0.5, 0.6) is 11.5 Å². The molecule has 2 rings (SSSR count). The highest BCUT2D eigenvalue weighted by Gasteiger charge is 2.07. The van der Waals surface area contributed by atoms with Crippen LogP contribution in [-0.2, 0) is 13.0 Å². The van der Waals surface area contributed by atoms with Crippen LogP contribution in [0.2, 0.25) is 5.02 Å². The smallest absolute Gasteiger partial charge is 0.133 e. The zero-order valence-corrected chi connectivity index (χ0v) is 13.6. The lowest BCUT2D eigenvalue weighted by Gasteiger charge is -2.14. The molecule has 2 nitrogen and oxygen atoms in total. The van der Waals surface area contributed by atoms with E-state index < -0.39 is 0 Å². The Labute approximate surface area is 132 Å². The zero-order valence-electron chi connectivity index (χ0n) is 12.8. The van der Waals surface area contributed by atoms with Gasteiger partial charge in [0.15, 0.2) is 0 Å². The first-order valence-corrected chi connectivity index (χ1v) is 7.75. The molecule has 0 radical (unpaired) electrons. The van der Waals surface area contributed by atoms with Gasteiger partial charge in [0, 0.05) is 23.2 Å². The lowest BCUT2D eigenvalue weighted by molar-refractivity contribution is 0.469. The van der Waals surface area contributed by atoms with E-state index in [0.29, 0.717) is 11.1 Å². The molecule has 0 saturated heterocycles. The molecule has 1 N–H and O–H groups in total. The Balaban J connectivity index is 2.22. The van der Waals surface area contributed by atoms with Gasteiger partial charge in [0.2, 0.25) is 0 Å². The number of aryl methyl sites for hydroxylation is 1. The van der Waals surface area contributed by atoms with Gasteiger partial charge in [-0.3, -0.25) is 0 Å². The molecule has 0 fully saturated rings. The van der Waals surface area contributed by atoms with E-state index in [1.807, 2.05) is 30.3 Å². The Kier molecular flexibility index (Phi) is 5.66. The second kappa shape index (κ2) is 7.48. The molecule has 0 aromatic heterocycles. The Morgan fingerprint density at radius 1 is 1.14 bits per heavy atom. The number of hydrogen-bond acceptors (Lipinski definition) is 2. The molecule has 0 spiro atoms. The molecule has 3 heteroatoms. The third kappa shape index (κ3) is 4.76. The fourth-order valence-electron chi connectivity index (χ4n) is 2.04. The lowest BCUT2D eigenvalue weighted by atomic mass is 10.1. The lowest BCUT2D eigenvalue weighted by Crippen LogP contribution is -2.22. The van der Waals surface area contributed by atoms with Crippen LogP contribution in [0.4, 0.5) is 0 Å². The number of benzene rings is 2. The second-order valence-electron chi connectivity index (χ2n) is 5.39. The maximum absolute atomic E-state index is 6.10. The van der Waals surface area contributed by atoms with E-state index in [4.69, 9.17) is 16.3 Å². The molecule has 0 atom stereocenters. The molecular formula is C18H22ClNO. The van der Waals surface area contributed by atoms with E-state index in [1.54, 1.807) is 0 Å². The van der Waals surface area contributed by atoms with Gasteiger partial charge in [-0.2, -0.15) is 0 Å². The van der Waals surface area contributed by atoms with Crippen molar-refractivity contribution in [3.8, 4) is 11.5 Å². The van der Waals surface area contributed by atoms with Crippen LogP contribution in [0, 0.1) is 0 Å². The average Bonchev–Trinajstić information content (AvgIpc) is 2.46. The summed E-state index contributed by atoms with van der Waals surface area (Å²) in [6, 6.07) is 14.4. The van der Waals surface area contributed by atoms with Gasteiger partial charge >= 0.3 is 0 Å². The van der Waals surface area contributed by atoms with E-state index in [2.05, 4.69) is 38.2 Å². The van der Waals surface area contributed by atoms with Crippen molar-refractivity contribution in [2.24, 2.45) is 0 Å². The summed E-state index contributed by atoms with van der Waals surface area (Å²) in [5.41, 5.74) is 2.37. The average molecular weight is 304 g/mol. The maximum atomic E-state index is 6.10. The van der Waals surface area contributed by atoms with Gasteiger partial charge in [-0.25, -0.2) is 0 Å². The van der Waals surface area contributed by atoms with Gasteiger partial charge in [-0.1, -0.05) is 50.6 Å². The van der Waals surface area contributed by atoms with Crippen molar-refractivity contribution in [3.63, 3.8) is 0 Å². The fourth-order valence-corrected chi connectivity index (χ4v) is 2.20. The summed E-state index contributed by atoms with van der Waals surface area (Å²) < 4.78 is 6.04. The summed E-state index contributed by atoms with van der Waals surface area (Å²) in [7, 11) is 0. The summed E-state index contributed by atoms with van der Waals surface area (Å²) in [4.78, 5) is 0. The number of halogens is 1. The number of nitrogens with one attached hydrogen (secondary N) is 1. The molecule has 0 heterocycles.